The molecule has 2 N–H and O–H groups in total. The summed E-state index contributed by atoms with van der Waals surface area (Å²) in [4.78, 5) is 16.6. The van der Waals surface area contributed by atoms with E-state index in [0.717, 1.165) is 6.42 Å². The lowest BCUT2D eigenvalue weighted by atomic mass is 9.78. The second kappa shape index (κ2) is 9.53. The molecule has 0 spiro atoms. The molecule has 0 aromatic carbocycles. The van der Waals surface area contributed by atoms with Crippen molar-refractivity contribution in [2.75, 3.05) is 18.5 Å². The van der Waals surface area contributed by atoms with Crippen molar-refractivity contribution in [3.63, 3.8) is 0 Å². The molecule has 0 aliphatic carbocycles. The first kappa shape index (κ1) is 19.4. The number of nitrogens with zero attached hydrogens (tertiary/aromatic N) is 1. The Morgan fingerprint density at radius 1 is 1.48 bits per heavy atom. The number of carbonyl (C=O) groups excluding carboxylic acids is 1. The van der Waals surface area contributed by atoms with Crippen LogP contribution >= 0.6 is 0 Å². The van der Waals surface area contributed by atoms with E-state index >= 15 is 0 Å². The van der Waals surface area contributed by atoms with Gasteiger partial charge < -0.3 is 19.9 Å². The number of aliphatic hydroxyl groups excluding tert-OH is 1. The van der Waals surface area contributed by atoms with Crippen LogP contribution in [0.4, 0.5) is 5.69 Å². The zero-order valence-electron chi connectivity index (χ0n) is 15.1. The maximum atomic E-state index is 12.6. The molecule has 3 atom stereocenters. The van der Waals surface area contributed by atoms with E-state index in [-0.39, 0.29) is 30.1 Å². The molecule has 1 amide bonds. The Kier molecular flexibility index (Phi) is 7.40. The van der Waals surface area contributed by atoms with E-state index in [0.29, 0.717) is 24.6 Å². The molecule has 0 saturated heterocycles. The Hall–Kier alpha value is -1.92. The lowest BCUT2D eigenvalue weighted by molar-refractivity contribution is -0.173. The summed E-state index contributed by atoms with van der Waals surface area (Å²) in [5.74, 6) is 0.565. The van der Waals surface area contributed by atoms with E-state index in [1.165, 1.54) is 0 Å². The van der Waals surface area contributed by atoms with Gasteiger partial charge in [-0.25, -0.2) is 0 Å². The molecule has 1 aromatic heterocycles. The molecule has 1 aliphatic rings. The standard InChI is InChI=1S/C19H28N2O4/c1-4-24-19-15(8-6-10-22)16(13(2)3)11-17(25-19)18(23)21-14-7-5-9-20-12-14/h5,7,9,11-13,15-16,19,22H,4,6,8,10H2,1-3H3,(H,21,23)/t15-,16-,19-/m1/s1. The van der Waals surface area contributed by atoms with Gasteiger partial charge in [0.15, 0.2) is 5.76 Å². The van der Waals surface area contributed by atoms with Gasteiger partial charge in [-0.2, -0.15) is 0 Å². The summed E-state index contributed by atoms with van der Waals surface area (Å²) in [6, 6.07) is 3.54. The molecular formula is C19H28N2O4. The minimum atomic E-state index is -0.483. The molecule has 2 rings (SSSR count). The number of anilines is 1. The number of ether oxygens (including phenoxy) is 2. The zero-order valence-corrected chi connectivity index (χ0v) is 15.1. The highest BCUT2D eigenvalue weighted by Gasteiger charge is 2.38. The third-order valence-corrected chi connectivity index (χ3v) is 4.37. The summed E-state index contributed by atoms with van der Waals surface area (Å²) in [6.07, 6.45) is 6.13. The Morgan fingerprint density at radius 2 is 2.28 bits per heavy atom. The highest BCUT2D eigenvalue weighted by Crippen LogP contribution is 2.37. The molecule has 6 nitrogen and oxygen atoms in total. The molecule has 0 bridgehead atoms. The molecule has 0 fully saturated rings. The van der Waals surface area contributed by atoms with Crippen LogP contribution in [0.15, 0.2) is 36.4 Å². The first-order valence-electron chi connectivity index (χ1n) is 8.89. The van der Waals surface area contributed by atoms with Gasteiger partial charge in [-0.3, -0.25) is 9.78 Å². The molecule has 6 heteroatoms. The van der Waals surface area contributed by atoms with Gasteiger partial charge in [0.25, 0.3) is 5.91 Å². The lowest BCUT2D eigenvalue weighted by Crippen LogP contribution is -2.40. The third kappa shape index (κ3) is 5.28. The maximum absolute atomic E-state index is 12.6. The van der Waals surface area contributed by atoms with Crippen LogP contribution in [0.3, 0.4) is 0 Å². The van der Waals surface area contributed by atoms with Crippen LogP contribution in [0.2, 0.25) is 0 Å². The number of aliphatic hydroxyl groups is 1. The number of carbonyl (C=O) groups is 1. The van der Waals surface area contributed by atoms with Crippen LogP contribution in [0.5, 0.6) is 0 Å². The first-order chi connectivity index (χ1) is 12.1. The predicted octanol–water partition coefficient (Wildman–Crippen LogP) is 2.96. The fourth-order valence-electron chi connectivity index (χ4n) is 3.15. The monoisotopic (exact) mass is 348 g/mol. The zero-order chi connectivity index (χ0) is 18.2. The van der Waals surface area contributed by atoms with Crippen molar-refractivity contribution in [2.24, 2.45) is 17.8 Å². The first-order valence-corrected chi connectivity index (χ1v) is 8.89. The number of nitrogens with one attached hydrogen (secondary N) is 1. The quantitative estimate of drug-likeness (QED) is 0.755. The van der Waals surface area contributed by atoms with E-state index in [1.807, 2.05) is 13.0 Å². The van der Waals surface area contributed by atoms with Gasteiger partial charge in [0.1, 0.15) is 0 Å². The number of allylic oxidation sites excluding steroid dienone is 1. The van der Waals surface area contributed by atoms with Gasteiger partial charge in [0.2, 0.25) is 6.29 Å². The van der Waals surface area contributed by atoms with E-state index in [4.69, 9.17) is 9.47 Å². The van der Waals surface area contributed by atoms with Gasteiger partial charge in [0, 0.05) is 25.3 Å². The van der Waals surface area contributed by atoms with E-state index in [1.54, 1.807) is 24.5 Å². The molecule has 1 aliphatic heterocycles. The van der Waals surface area contributed by atoms with Gasteiger partial charge in [0.05, 0.1) is 11.9 Å². The SMILES string of the molecule is CCO[C@@H]1OC(C(=O)Nc2cccnc2)=C[C@H](C(C)C)[C@H]1CCCO. The molecule has 1 aromatic rings. The van der Waals surface area contributed by atoms with Crippen LogP contribution < -0.4 is 5.32 Å². The van der Waals surface area contributed by atoms with Crippen molar-refractivity contribution in [2.45, 2.75) is 39.9 Å². The van der Waals surface area contributed by atoms with E-state index in [2.05, 4.69) is 24.1 Å². The summed E-state index contributed by atoms with van der Waals surface area (Å²) >= 11 is 0. The number of pyridine rings is 1. The largest absolute Gasteiger partial charge is 0.459 e. The fraction of sp³-hybridized carbons (Fsp3) is 0.579. The molecule has 0 saturated carbocycles. The Morgan fingerprint density at radius 3 is 2.88 bits per heavy atom. The van der Waals surface area contributed by atoms with Gasteiger partial charge >= 0.3 is 0 Å². The Labute approximate surface area is 149 Å². The topological polar surface area (TPSA) is 80.7 Å². The second-order valence-corrected chi connectivity index (χ2v) is 6.52. The van der Waals surface area contributed by atoms with Gasteiger partial charge in [-0.15, -0.1) is 0 Å². The van der Waals surface area contributed by atoms with Crippen molar-refractivity contribution in [3.05, 3.63) is 36.4 Å². The van der Waals surface area contributed by atoms with E-state index in [9.17, 15) is 9.90 Å². The average molecular weight is 348 g/mol. The molecule has 2 heterocycles. The van der Waals surface area contributed by atoms with Crippen LogP contribution in [0.25, 0.3) is 0 Å². The number of aromatic nitrogens is 1. The maximum Gasteiger partial charge on any atom is 0.290 e. The van der Waals surface area contributed by atoms with Crippen molar-refractivity contribution >= 4 is 11.6 Å². The minimum absolute atomic E-state index is 0.113. The van der Waals surface area contributed by atoms with Crippen LogP contribution in [-0.2, 0) is 14.3 Å². The summed E-state index contributed by atoms with van der Waals surface area (Å²) in [5.41, 5.74) is 0.619. The minimum Gasteiger partial charge on any atom is -0.459 e. The lowest BCUT2D eigenvalue weighted by Gasteiger charge is -2.38. The smallest absolute Gasteiger partial charge is 0.290 e. The predicted molar refractivity (Wildman–Crippen MR) is 95.6 cm³/mol. The summed E-state index contributed by atoms with van der Waals surface area (Å²) in [6.45, 7) is 6.79. The normalized spacial score (nSPS) is 23.1. The third-order valence-electron chi connectivity index (χ3n) is 4.37. The number of hydrogen-bond donors (Lipinski definition) is 2. The van der Waals surface area contributed by atoms with E-state index < -0.39 is 6.29 Å². The Bertz CT molecular complexity index is 574. The van der Waals surface area contributed by atoms with Crippen molar-refractivity contribution in [1.82, 2.24) is 4.98 Å². The Balaban J connectivity index is 2.20. The number of amides is 1. The average Bonchev–Trinajstić information content (AvgIpc) is 2.61. The van der Waals surface area contributed by atoms with Gasteiger partial charge in [-0.05, 0) is 49.8 Å². The molecule has 25 heavy (non-hydrogen) atoms. The fourth-order valence-corrected chi connectivity index (χ4v) is 3.15. The van der Waals surface area contributed by atoms with Crippen LogP contribution in [-0.4, -0.2) is 35.5 Å². The van der Waals surface area contributed by atoms with Crippen molar-refractivity contribution in [1.29, 1.82) is 0 Å². The van der Waals surface area contributed by atoms with Crippen LogP contribution in [0, 0.1) is 17.8 Å². The molecular weight excluding hydrogens is 320 g/mol. The molecule has 0 radical (unpaired) electrons. The summed E-state index contributed by atoms with van der Waals surface area (Å²) in [5, 5.41) is 12.0. The van der Waals surface area contributed by atoms with Gasteiger partial charge in [-0.1, -0.05) is 13.8 Å². The van der Waals surface area contributed by atoms with Crippen molar-refractivity contribution in [3.8, 4) is 0 Å². The second-order valence-electron chi connectivity index (χ2n) is 6.52. The van der Waals surface area contributed by atoms with Crippen LogP contribution in [0.1, 0.15) is 33.6 Å². The van der Waals surface area contributed by atoms with Crippen molar-refractivity contribution < 1.29 is 19.4 Å². The number of hydrogen-bond acceptors (Lipinski definition) is 5. The highest BCUT2D eigenvalue weighted by molar-refractivity contribution is 6.02. The number of rotatable bonds is 8. The molecule has 0 unspecified atom stereocenters. The summed E-state index contributed by atoms with van der Waals surface area (Å²) < 4.78 is 11.6. The summed E-state index contributed by atoms with van der Waals surface area (Å²) in [7, 11) is 0. The highest BCUT2D eigenvalue weighted by atomic mass is 16.7. The molecule has 138 valence electrons.